The Bertz CT molecular complexity index is 919. The smallest absolute Gasteiger partial charge is 0.248 e. The molecule has 2 fully saturated rings. The molecule has 0 radical (unpaired) electrons. The number of rotatable bonds is 6. The maximum atomic E-state index is 12.7. The van der Waals surface area contributed by atoms with Gasteiger partial charge in [0, 0.05) is 43.5 Å². The fourth-order valence-corrected chi connectivity index (χ4v) is 3.85. The lowest BCUT2D eigenvalue weighted by Gasteiger charge is -2.33. The van der Waals surface area contributed by atoms with Crippen molar-refractivity contribution in [1.82, 2.24) is 0 Å². The number of carbonyl (C=O) groups is 1. The molecule has 0 atom stereocenters. The van der Waals surface area contributed by atoms with Crippen molar-refractivity contribution < 1.29 is 19.0 Å². The molecule has 4 rings (SSSR count). The summed E-state index contributed by atoms with van der Waals surface area (Å²) in [6.07, 6.45) is 3.31. The van der Waals surface area contributed by atoms with Crippen LogP contribution in [0.4, 0.5) is 17.1 Å². The fraction of sp³-hybridized carbons (Fsp3) is 0.375. The van der Waals surface area contributed by atoms with Gasteiger partial charge in [-0.2, -0.15) is 0 Å². The number of para-hydroxylation sites is 1. The van der Waals surface area contributed by atoms with Crippen molar-refractivity contribution >= 4 is 29.0 Å². The monoisotopic (exact) mass is 423 g/mol. The molecular formula is C24H29N3O4. The number of morpholine rings is 2. The van der Waals surface area contributed by atoms with Gasteiger partial charge in [0.1, 0.15) is 5.75 Å². The Balaban J connectivity index is 1.54. The van der Waals surface area contributed by atoms with Gasteiger partial charge in [0.05, 0.1) is 44.9 Å². The first-order valence-corrected chi connectivity index (χ1v) is 10.7. The minimum absolute atomic E-state index is 0.181. The second kappa shape index (κ2) is 10.3. The van der Waals surface area contributed by atoms with Crippen LogP contribution in [0.1, 0.15) is 5.56 Å². The van der Waals surface area contributed by atoms with Crippen molar-refractivity contribution in [1.29, 1.82) is 0 Å². The van der Waals surface area contributed by atoms with E-state index in [2.05, 4.69) is 27.2 Å². The van der Waals surface area contributed by atoms with Crippen LogP contribution in [0.5, 0.6) is 5.75 Å². The summed E-state index contributed by atoms with van der Waals surface area (Å²) in [6.45, 7) is 6.18. The van der Waals surface area contributed by atoms with Gasteiger partial charge in [0.2, 0.25) is 5.91 Å². The van der Waals surface area contributed by atoms with E-state index < -0.39 is 0 Å². The molecule has 2 saturated heterocycles. The molecule has 2 aromatic rings. The summed E-state index contributed by atoms with van der Waals surface area (Å²) in [5, 5.41) is 3.05. The zero-order valence-electron chi connectivity index (χ0n) is 17.9. The van der Waals surface area contributed by atoms with Crippen LogP contribution >= 0.6 is 0 Å². The Labute approximate surface area is 183 Å². The highest BCUT2D eigenvalue weighted by Crippen LogP contribution is 2.32. The standard InChI is InChI=1S/C24H29N3O4/c1-29-23-5-3-2-4-19(23)6-9-24(28)25-21-8-7-20(26-10-14-30-15-11-26)18-22(21)27-12-16-31-17-13-27/h2-9,18H,10-17H2,1H3,(H,25,28)/b9-6+. The zero-order valence-corrected chi connectivity index (χ0v) is 17.9. The molecule has 2 aliphatic heterocycles. The third kappa shape index (κ3) is 5.37. The van der Waals surface area contributed by atoms with Gasteiger partial charge in [0.25, 0.3) is 0 Å². The highest BCUT2D eigenvalue weighted by atomic mass is 16.5. The second-order valence-electron chi connectivity index (χ2n) is 7.46. The Hall–Kier alpha value is -3.03. The van der Waals surface area contributed by atoms with E-state index in [1.165, 1.54) is 6.08 Å². The SMILES string of the molecule is COc1ccccc1/C=C/C(=O)Nc1ccc(N2CCOCC2)cc1N1CCOCC1. The van der Waals surface area contributed by atoms with Crippen LogP contribution in [0, 0.1) is 0 Å². The van der Waals surface area contributed by atoms with Crippen LogP contribution in [0.3, 0.4) is 0 Å². The first-order chi connectivity index (χ1) is 15.2. The van der Waals surface area contributed by atoms with E-state index in [4.69, 9.17) is 14.2 Å². The lowest BCUT2D eigenvalue weighted by Crippen LogP contribution is -2.38. The topological polar surface area (TPSA) is 63.3 Å². The van der Waals surface area contributed by atoms with Crippen molar-refractivity contribution in [3.05, 3.63) is 54.1 Å². The van der Waals surface area contributed by atoms with Crippen molar-refractivity contribution in [2.24, 2.45) is 0 Å². The number of methoxy groups -OCH3 is 1. The van der Waals surface area contributed by atoms with Gasteiger partial charge in [-0.15, -0.1) is 0 Å². The van der Waals surface area contributed by atoms with Gasteiger partial charge in [-0.25, -0.2) is 0 Å². The number of benzene rings is 2. The number of anilines is 3. The summed E-state index contributed by atoms with van der Waals surface area (Å²) in [6, 6.07) is 13.8. The summed E-state index contributed by atoms with van der Waals surface area (Å²) >= 11 is 0. The average molecular weight is 424 g/mol. The minimum Gasteiger partial charge on any atom is -0.496 e. The number of amides is 1. The average Bonchev–Trinajstić information content (AvgIpc) is 2.84. The van der Waals surface area contributed by atoms with E-state index in [1.807, 2.05) is 30.3 Å². The number of hydrogen-bond donors (Lipinski definition) is 1. The molecule has 0 aromatic heterocycles. The summed E-state index contributed by atoms with van der Waals surface area (Å²) in [7, 11) is 1.62. The van der Waals surface area contributed by atoms with Crippen molar-refractivity contribution in [3.63, 3.8) is 0 Å². The van der Waals surface area contributed by atoms with Gasteiger partial charge in [-0.1, -0.05) is 18.2 Å². The minimum atomic E-state index is -0.181. The lowest BCUT2D eigenvalue weighted by molar-refractivity contribution is -0.111. The van der Waals surface area contributed by atoms with Gasteiger partial charge in [-0.05, 0) is 30.3 Å². The number of carbonyl (C=O) groups excluding carboxylic acids is 1. The largest absolute Gasteiger partial charge is 0.496 e. The molecule has 31 heavy (non-hydrogen) atoms. The van der Waals surface area contributed by atoms with Crippen LogP contribution in [0.2, 0.25) is 0 Å². The summed E-state index contributed by atoms with van der Waals surface area (Å²) in [4.78, 5) is 17.3. The molecule has 0 unspecified atom stereocenters. The molecule has 7 heteroatoms. The summed E-state index contributed by atoms with van der Waals surface area (Å²) in [5.74, 6) is 0.551. The van der Waals surface area contributed by atoms with Crippen molar-refractivity contribution in [3.8, 4) is 5.75 Å². The molecular weight excluding hydrogens is 394 g/mol. The predicted molar refractivity (Wildman–Crippen MR) is 123 cm³/mol. The Morgan fingerprint density at radius 3 is 2.35 bits per heavy atom. The van der Waals surface area contributed by atoms with Crippen LogP contribution in [-0.4, -0.2) is 65.6 Å². The van der Waals surface area contributed by atoms with Gasteiger partial charge in [0.15, 0.2) is 0 Å². The molecule has 2 aromatic carbocycles. The number of nitrogens with one attached hydrogen (secondary N) is 1. The molecule has 0 aliphatic carbocycles. The molecule has 164 valence electrons. The van der Waals surface area contributed by atoms with Crippen molar-refractivity contribution in [2.45, 2.75) is 0 Å². The highest BCUT2D eigenvalue weighted by molar-refractivity contribution is 6.04. The number of hydrogen-bond acceptors (Lipinski definition) is 6. The summed E-state index contributed by atoms with van der Waals surface area (Å²) < 4.78 is 16.4. The van der Waals surface area contributed by atoms with Crippen molar-refractivity contribution in [2.75, 3.05) is 74.8 Å². The van der Waals surface area contributed by atoms with E-state index in [9.17, 15) is 4.79 Å². The molecule has 7 nitrogen and oxygen atoms in total. The molecule has 0 bridgehead atoms. The van der Waals surface area contributed by atoms with E-state index in [0.29, 0.717) is 13.2 Å². The lowest BCUT2D eigenvalue weighted by atomic mass is 10.1. The van der Waals surface area contributed by atoms with Crippen LogP contribution in [0.15, 0.2) is 48.5 Å². The zero-order chi connectivity index (χ0) is 21.5. The normalized spacial score (nSPS) is 17.1. The summed E-state index contributed by atoms with van der Waals surface area (Å²) in [5.41, 5.74) is 3.82. The molecule has 0 spiro atoms. The maximum absolute atomic E-state index is 12.7. The fourth-order valence-electron chi connectivity index (χ4n) is 3.85. The van der Waals surface area contributed by atoms with Crippen LogP contribution in [-0.2, 0) is 14.3 Å². The van der Waals surface area contributed by atoms with E-state index in [-0.39, 0.29) is 5.91 Å². The Morgan fingerprint density at radius 1 is 0.968 bits per heavy atom. The molecule has 0 saturated carbocycles. The van der Waals surface area contributed by atoms with E-state index in [1.54, 1.807) is 13.2 Å². The molecule has 2 aliphatic rings. The maximum Gasteiger partial charge on any atom is 0.248 e. The first kappa shape index (κ1) is 21.2. The predicted octanol–water partition coefficient (Wildman–Crippen LogP) is 3.02. The molecule has 1 amide bonds. The van der Waals surface area contributed by atoms with Gasteiger partial charge < -0.3 is 29.3 Å². The molecule has 2 heterocycles. The van der Waals surface area contributed by atoms with Gasteiger partial charge in [-0.3, -0.25) is 4.79 Å². The third-order valence-electron chi connectivity index (χ3n) is 5.52. The number of nitrogens with zero attached hydrogens (tertiary/aromatic N) is 2. The van der Waals surface area contributed by atoms with E-state index in [0.717, 1.165) is 67.8 Å². The molecule has 1 N–H and O–H groups in total. The first-order valence-electron chi connectivity index (χ1n) is 10.7. The van der Waals surface area contributed by atoms with E-state index >= 15 is 0 Å². The highest BCUT2D eigenvalue weighted by Gasteiger charge is 2.19. The Kier molecular flexibility index (Phi) is 7.07. The number of ether oxygens (including phenoxy) is 3. The Morgan fingerprint density at radius 2 is 1.65 bits per heavy atom. The second-order valence-corrected chi connectivity index (χ2v) is 7.46. The quantitative estimate of drug-likeness (QED) is 0.721. The van der Waals surface area contributed by atoms with Crippen LogP contribution in [0.25, 0.3) is 6.08 Å². The van der Waals surface area contributed by atoms with Gasteiger partial charge >= 0.3 is 0 Å². The van der Waals surface area contributed by atoms with Crippen LogP contribution < -0.4 is 19.9 Å². The third-order valence-corrected chi connectivity index (χ3v) is 5.52.